The average molecular weight is 455 g/mol. The zero-order valence-corrected chi connectivity index (χ0v) is 19.0. The lowest BCUT2D eigenvalue weighted by Gasteiger charge is -2.13. The summed E-state index contributed by atoms with van der Waals surface area (Å²) in [6.07, 6.45) is 0. The molecule has 8 heteroatoms. The topological polar surface area (TPSA) is 93.7 Å². The third kappa shape index (κ3) is 6.01. The van der Waals surface area contributed by atoms with Crippen LogP contribution in [0, 0.1) is 13.8 Å². The molecule has 7 nitrogen and oxygen atoms in total. The maximum Gasteiger partial charge on any atom is 0.262 e. The van der Waals surface area contributed by atoms with Crippen molar-refractivity contribution in [2.75, 3.05) is 25.0 Å². The Morgan fingerprint density at radius 2 is 1.69 bits per heavy atom. The number of methoxy groups -OCH3 is 1. The van der Waals surface area contributed by atoms with E-state index in [0.29, 0.717) is 23.6 Å². The molecular formula is C24H26N2O5S. The molecule has 0 radical (unpaired) electrons. The van der Waals surface area contributed by atoms with Crippen LogP contribution in [0.4, 0.5) is 5.69 Å². The van der Waals surface area contributed by atoms with Gasteiger partial charge >= 0.3 is 0 Å². The van der Waals surface area contributed by atoms with Crippen LogP contribution in [-0.2, 0) is 10.0 Å². The maximum atomic E-state index is 12.9. The lowest BCUT2D eigenvalue weighted by Crippen LogP contribution is -2.28. The van der Waals surface area contributed by atoms with E-state index in [0.717, 1.165) is 11.3 Å². The number of aryl methyl sites for hydroxylation is 2. The van der Waals surface area contributed by atoms with Crippen molar-refractivity contribution < 1.29 is 22.7 Å². The summed E-state index contributed by atoms with van der Waals surface area (Å²) in [4.78, 5) is 12.6. The van der Waals surface area contributed by atoms with E-state index in [9.17, 15) is 13.2 Å². The van der Waals surface area contributed by atoms with Crippen LogP contribution in [0.15, 0.2) is 71.6 Å². The van der Waals surface area contributed by atoms with E-state index in [1.54, 1.807) is 43.3 Å². The van der Waals surface area contributed by atoms with Crippen LogP contribution >= 0.6 is 0 Å². The molecular weight excluding hydrogens is 428 g/mol. The number of amides is 1. The second kappa shape index (κ2) is 10.2. The number of rotatable bonds is 9. The fraction of sp³-hybridized carbons (Fsp3) is 0.208. The molecule has 0 atom stereocenters. The number of carbonyl (C=O) groups is 1. The number of carbonyl (C=O) groups excluding carboxylic acids is 1. The van der Waals surface area contributed by atoms with Gasteiger partial charge in [0.05, 0.1) is 18.6 Å². The first-order valence-corrected chi connectivity index (χ1v) is 11.5. The summed E-state index contributed by atoms with van der Waals surface area (Å²) in [5.41, 5.74) is 2.27. The molecule has 3 aromatic carbocycles. The van der Waals surface area contributed by atoms with Gasteiger partial charge in [-0.05, 0) is 73.5 Å². The van der Waals surface area contributed by atoms with Gasteiger partial charge in [0.2, 0.25) is 0 Å². The number of ether oxygens (including phenoxy) is 2. The van der Waals surface area contributed by atoms with E-state index in [4.69, 9.17) is 9.47 Å². The van der Waals surface area contributed by atoms with Gasteiger partial charge in [0.15, 0.2) is 0 Å². The maximum absolute atomic E-state index is 12.9. The molecule has 0 saturated heterocycles. The molecule has 0 heterocycles. The summed E-state index contributed by atoms with van der Waals surface area (Å²) in [6, 6.07) is 18.8. The van der Waals surface area contributed by atoms with Crippen LogP contribution in [0.1, 0.15) is 21.5 Å². The molecule has 0 aliphatic heterocycles. The van der Waals surface area contributed by atoms with Gasteiger partial charge in [0, 0.05) is 11.3 Å². The minimum atomic E-state index is -3.88. The number of hydrogen-bond donors (Lipinski definition) is 2. The molecule has 0 bridgehead atoms. The zero-order valence-electron chi connectivity index (χ0n) is 18.2. The number of hydrogen-bond acceptors (Lipinski definition) is 5. The Labute approximate surface area is 188 Å². The third-order valence-electron chi connectivity index (χ3n) is 4.73. The number of nitrogens with one attached hydrogen (secondary N) is 2. The van der Waals surface area contributed by atoms with E-state index < -0.39 is 10.0 Å². The lowest BCUT2D eigenvalue weighted by atomic mass is 10.1. The number of anilines is 1. The number of benzene rings is 3. The van der Waals surface area contributed by atoms with Gasteiger partial charge < -0.3 is 14.8 Å². The van der Waals surface area contributed by atoms with Crippen molar-refractivity contribution in [1.82, 2.24) is 5.32 Å². The van der Waals surface area contributed by atoms with Crippen LogP contribution in [0.25, 0.3) is 0 Å². The minimum absolute atomic E-state index is 0.0389. The smallest absolute Gasteiger partial charge is 0.262 e. The first-order valence-electron chi connectivity index (χ1n) is 10.0. The van der Waals surface area contributed by atoms with Crippen LogP contribution in [-0.4, -0.2) is 34.6 Å². The molecule has 0 saturated carbocycles. The quantitative estimate of drug-likeness (QED) is 0.478. The largest absolute Gasteiger partial charge is 0.497 e. The van der Waals surface area contributed by atoms with Gasteiger partial charge in [-0.2, -0.15) is 0 Å². The van der Waals surface area contributed by atoms with Gasteiger partial charge in [0.1, 0.15) is 18.1 Å². The monoisotopic (exact) mass is 454 g/mol. The van der Waals surface area contributed by atoms with Crippen LogP contribution in [0.3, 0.4) is 0 Å². The highest BCUT2D eigenvalue weighted by Gasteiger charge is 2.19. The highest BCUT2D eigenvalue weighted by molar-refractivity contribution is 7.92. The van der Waals surface area contributed by atoms with Gasteiger partial charge in [-0.1, -0.05) is 18.2 Å². The summed E-state index contributed by atoms with van der Waals surface area (Å²) in [5, 5.41) is 2.75. The van der Waals surface area contributed by atoms with Crippen LogP contribution < -0.4 is 19.5 Å². The molecule has 3 rings (SSSR count). The second-order valence-corrected chi connectivity index (χ2v) is 8.89. The molecule has 0 aromatic heterocycles. The van der Waals surface area contributed by atoms with Crippen molar-refractivity contribution in [3.05, 3.63) is 83.4 Å². The van der Waals surface area contributed by atoms with Crippen LogP contribution in [0.5, 0.6) is 11.5 Å². The lowest BCUT2D eigenvalue weighted by molar-refractivity contribution is 0.0946. The first kappa shape index (κ1) is 23.1. The summed E-state index contributed by atoms with van der Waals surface area (Å²) in [6.45, 7) is 4.24. The molecule has 3 aromatic rings. The first-order chi connectivity index (χ1) is 15.3. The van der Waals surface area contributed by atoms with E-state index in [2.05, 4.69) is 10.0 Å². The van der Waals surface area contributed by atoms with Gasteiger partial charge in [0.25, 0.3) is 15.9 Å². The Balaban J connectivity index is 1.65. The fourth-order valence-electron chi connectivity index (χ4n) is 3.04. The predicted octanol–water partition coefficient (Wildman–Crippen LogP) is 3.92. The van der Waals surface area contributed by atoms with Crippen LogP contribution in [0.2, 0.25) is 0 Å². The molecule has 0 aliphatic rings. The Hall–Kier alpha value is -3.52. The van der Waals surface area contributed by atoms with Crippen molar-refractivity contribution in [2.24, 2.45) is 0 Å². The predicted molar refractivity (Wildman–Crippen MR) is 124 cm³/mol. The summed E-state index contributed by atoms with van der Waals surface area (Å²) in [7, 11) is -2.34. The highest BCUT2D eigenvalue weighted by atomic mass is 32.2. The van der Waals surface area contributed by atoms with Crippen molar-refractivity contribution in [3.63, 3.8) is 0 Å². The van der Waals surface area contributed by atoms with Crippen molar-refractivity contribution in [3.8, 4) is 11.5 Å². The van der Waals surface area contributed by atoms with E-state index in [1.165, 1.54) is 13.2 Å². The zero-order chi connectivity index (χ0) is 23.1. The summed E-state index contributed by atoms with van der Waals surface area (Å²) >= 11 is 0. The minimum Gasteiger partial charge on any atom is -0.497 e. The molecule has 0 spiro atoms. The summed E-state index contributed by atoms with van der Waals surface area (Å²) in [5.74, 6) is 0.973. The Bertz CT molecular complexity index is 1190. The van der Waals surface area contributed by atoms with E-state index in [-0.39, 0.29) is 22.9 Å². The third-order valence-corrected chi connectivity index (χ3v) is 6.25. The molecule has 168 valence electrons. The van der Waals surface area contributed by atoms with E-state index >= 15 is 0 Å². The Kier molecular flexibility index (Phi) is 7.37. The van der Waals surface area contributed by atoms with Crippen molar-refractivity contribution in [2.45, 2.75) is 18.7 Å². The SMILES string of the molecule is COc1ccc(NS(=O)(=O)c2cc(C(=O)NCCOc3cccc(C)c3)ccc2C)cc1. The standard InChI is InChI=1S/C24H26N2O5S/c1-17-5-4-6-22(15-17)31-14-13-25-24(27)19-8-7-18(2)23(16-19)32(28,29)26-20-9-11-21(30-3)12-10-20/h4-12,15-16,26H,13-14H2,1-3H3,(H,25,27). The molecule has 32 heavy (non-hydrogen) atoms. The van der Waals surface area contributed by atoms with Gasteiger partial charge in [-0.25, -0.2) is 8.42 Å². The molecule has 0 unspecified atom stereocenters. The molecule has 2 N–H and O–H groups in total. The summed E-state index contributed by atoms with van der Waals surface area (Å²) < 4.78 is 39.0. The molecule has 0 fully saturated rings. The molecule has 1 amide bonds. The highest BCUT2D eigenvalue weighted by Crippen LogP contribution is 2.22. The van der Waals surface area contributed by atoms with Gasteiger partial charge in [-0.3, -0.25) is 9.52 Å². The normalized spacial score (nSPS) is 11.0. The average Bonchev–Trinajstić information content (AvgIpc) is 2.77. The van der Waals surface area contributed by atoms with Gasteiger partial charge in [-0.15, -0.1) is 0 Å². The van der Waals surface area contributed by atoms with E-state index in [1.807, 2.05) is 31.2 Å². The van der Waals surface area contributed by atoms with Crippen molar-refractivity contribution >= 4 is 21.6 Å². The number of sulfonamides is 1. The Morgan fingerprint density at radius 3 is 2.38 bits per heavy atom. The van der Waals surface area contributed by atoms with Crippen molar-refractivity contribution in [1.29, 1.82) is 0 Å². The molecule has 0 aliphatic carbocycles. The second-order valence-electron chi connectivity index (χ2n) is 7.24. The Morgan fingerprint density at radius 1 is 0.938 bits per heavy atom. The fourth-order valence-corrected chi connectivity index (χ4v) is 4.37.